The molecular formula is C26H16N2. The van der Waals surface area contributed by atoms with Gasteiger partial charge in [-0.25, -0.2) is 0 Å². The first-order valence-corrected chi connectivity index (χ1v) is 9.64. The van der Waals surface area contributed by atoms with E-state index in [1.165, 1.54) is 60.1 Å². The molecule has 0 unspecified atom stereocenters. The summed E-state index contributed by atoms with van der Waals surface area (Å²) in [6.07, 6.45) is 0. The molecule has 0 aliphatic rings. The van der Waals surface area contributed by atoms with Gasteiger partial charge in [-0.2, -0.15) is 0 Å². The van der Waals surface area contributed by atoms with Crippen molar-refractivity contribution in [2.45, 2.75) is 0 Å². The molecule has 28 heavy (non-hydrogen) atoms. The third-order valence-corrected chi connectivity index (χ3v) is 6.06. The molecule has 5 aromatic carbocycles. The van der Waals surface area contributed by atoms with Crippen LogP contribution in [0.4, 0.5) is 0 Å². The number of nitrogens with one attached hydrogen (secondary N) is 1. The van der Waals surface area contributed by atoms with Crippen LogP contribution in [0.5, 0.6) is 0 Å². The van der Waals surface area contributed by atoms with Gasteiger partial charge in [0.2, 0.25) is 0 Å². The Balaban J connectivity index is 1.82. The second-order valence-corrected chi connectivity index (χ2v) is 7.53. The average Bonchev–Trinajstić information content (AvgIpc) is 3.29. The Labute approximate surface area is 161 Å². The van der Waals surface area contributed by atoms with Gasteiger partial charge >= 0.3 is 0 Å². The van der Waals surface area contributed by atoms with Crippen LogP contribution < -0.4 is 0 Å². The van der Waals surface area contributed by atoms with Crippen molar-refractivity contribution in [1.82, 2.24) is 9.55 Å². The van der Waals surface area contributed by atoms with Crippen molar-refractivity contribution in [3.05, 3.63) is 91.0 Å². The van der Waals surface area contributed by atoms with Crippen LogP contribution in [0.25, 0.3) is 60.1 Å². The highest BCUT2D eigenvalue weighted by Gasteiger charge is 2.19. The van der Waals surface area contributed by atoms with E-state index in [9.17, 15) is 0 Å². The van der Waals surface area contributed by atoms with E-state index in [4.69, 9.17) is 0 Å². The monoisotopic (exact) mass is 356 g/mol. The minimum atomic E-state index is 1.19. The van der Waals surface area contributed by atoms with Gasteiger partial charge < -0.3 is 9.55 Å². The van der Waals surface area contributed by atoms with Crippen molar-refractivity contribution in [2.75, 3.05) is 0 Å². The Bertz CT molecular complexity index is 1650. The number of fused-ring (bicyclic) bond motifs is 4. The Kier molecular flexibility index (Phi) is 2.52. The standard InChI is InChI=1S/C26H16N2/c1-2-8-18(9-3-1)28-21-12-5-4-10-19(21)25-22(28)15-17-14-13-16-7-6-11-20-23(16)24(17)26(25)27-20/h1-15,27H. The van der Waals surface area contributed by atoms with Crippen LogP contribution in [-0.4, -0.2) is 9.55 Å². The topological polar surface area (TPSA) is 20.7 Å². The van der Waals surface area contributed by atoms with Gasteiger partial charge in [0.1, 0.15) is 0 Å². The van der Waals surface area contributed by atoms with Crippen LogP contribution in [0.3, 0.4) is 0 Å². The van der Waals surface area contributed by atoms with Gasteiger partial charge in [0.15, 0.2) is 0 Å². The Hall–Kier alpha value is -3.78. The Morgan fingerprint density at radius 2 is 1.39 bits per heavy atom. The van der Waals surface area contributed by atoms with Crippen molar-refractivity contribution < 1.29 is 0 Å². The Morgan fingerprint density at radius 1 is 0.571 bits per heavy atom. The van der Waals surface area contributed by atoms with E-state index in [1.54, 1.807) is 0 Å². The fourth-order valence-electron chi connectivity index (χ4n) is 4.94. The highest BCUT2D eigenvalue weighted by molar-refractivity contribution is 6.32. The second-order valence-electron chi connectivity index (χ2n) is 7.53. The van der Waals surface area contributed by atoms with Gasteiger partial charge in [-0.1, -0.05) is 60.7 Å². The molecule has 0 fully saturated rings. The van der Waals surface area contributed by atoms with Gasteiger partial charge in [-0.3, -0.25) is 0 Å². The van der Waals surface area contributed by atoms with E-state index >= 15 is 0 Å². The minimum Gasteiger partial charge on any atom is -0.354 e. The lowest BCUT2D eigenvalue weighted by Gasteiger charge is -2.08. The fraction of sp³-hybridized carbons (Fsp3) is 0. The first kappa shape index (κ1) is 14.3. The molecule has 130 valence electrons. The molecule has 0 saturated heterocycles. The number of rotatable bonds is 1. The number of aromatic nitrogens is 2. The number of H-pyrrole nitrogens is 1. The predicted octanol–water partition coefficient (Wildman–Crippen LogP) is 7.01. The number of hydrogen-bond acceptors (Lipinski definition) is 0. The third-order valence-electron chi connectivity index (χ3n) is 6.06. The van der Waals surface area contributed by atoms with Gasteiger partial charge in [0, 0.05) is 32.7 Å². The Morgan fingerprint density at radius 3 is 2.32 bits per heavy atom. The summed E-state index contributed by atoms with van der Waals surface area (Å²) in [6.45, 7) is 0. The summed E-state index contributed by atoms with van der Waals surface area (Å²) in [5, 5.41) is 7.85. The number of nitrogens with zero attached hydrogens (tertiary/aromatic N) is 1. The smallest absolute Gasteiger partial charge is 0.0572 e. The van der Waals surface area contributed by atoms with Crippen molar-refractivity contribution >= 4 is 54.4 Å². The lowest BCUT2D eigenvalue weighted by atomic mass is 10.00. The van der Waals surface area contributed by atoms with Crippen LogP contribution in [0, 0.1) is 0 Å². The molecule has 0 atom stereocenters. The zero-order chi connectivity index (χ0) is 18.2. The van der Waals surface area contributed by atoms with Crippen molar-refractivity contribution in [2.24, 2.45) is 0 Å². The van der Waals surface area contributed by atoms with Crippen LogP contribution >= 0.6 is 0 Å². The molecule has 1 N–H and O–H groups in total. The average molecular weight is 356 g/mol. The second kappa shape index (κ2) is 4.93. The van der Waals surface area contributed by atoms with Crippen LogP contribution in [0.15, 0.2) is 91.0 Å². The summed E-state index contributed by atoms with van der Waals surface area (Å²) < 4.78 is 2.38. The first-order valence-electron chi connectivity index (χ1n) is 9.64. The van der Waals surface area contributed by atoms with Crippen LogP contribution in [0.1, 0.15) is 0 Å². The molecule has 0 saturated carbocycles. The normalized spacial score (nSPS) is 12.3. The predicted molar refractivity (Wildman–Crippen MR) is 119 cm³/mol. The fourth-order valence-corrected chi connectivity index (χ4v) is 4.94. The van der Waals surface area contributed by atoms with E-state index in [0.29, 0.717) is 0 Å². The first-order chi connectivity index (χ1) is 13.9. The lowest BCUT2D eigenvalue weighted by molar-refractivity contribution is 1.18. The van der Waals surface area contributed by atoms with Gasteiger partial charge in [0.05, 0.1) is 16.6 Å². The molecule has 0 aliphatic heterocycles. The summed E-state index contributed by atoms with van der Waals surface area (Å²) in [5.41, 5.74) is 6.13. The van der Waals surface area contributed by atoms with Gasteiger partial charge in [0.25, 0.3) is 0 Å². The van der Waals surface area contributed by atoms with Crippen molar-refractivity contribution in [3.63, 3.8) is 0 Å². The van der Waals surface area contributed by atoms with E-state index in [0.717, 1.165) is 0 Å². The molecule has 0 amide bonds. The zero-order valence-electron chi connectivity index (χ0n) is 15.1. The molecule has 0 bridgehead atoms. The van der Waals surface area contributed by atoms with E-state index in [1.807, 2.05) is 0 Å². The molecular weight excluding hydrogens is 340 g/mol. The third kappa shape index (κ3) is 1.64. The molecule has 2 heterocycles. The number of para-hydroxylation sites is 2. The van der Waals surface area contributed by atoms with Crippen molar-refractivity contribution in [1.29, 1.82) is 0 Å². The minimum absolute atomic E-state index is 1.19. The highest BCUT2D eigenvalue weighted by Crippen LogP contribution is 2.42. The summed E-state index contributed by atoms with van der Waals surface area (Å²) in [7, 11) is 0. The number of benzene rings is 5. The zero-order valence-corrected chi connectivity index (χ0v) is 15.1. The SMILES string of the molecule is c1ccc(-n2c3ccccc3c3c4[nH]c5cccc6ccc(cc32)c4c65)cc1. The summed E-state index contributed by atoms with van der Waals surface area (Å²) in [6, 6.07) is 32.7. The highest BCUT2D eigenvalue weighted by atomic mass is 15.0. The molecule has 0 radical (unpaired) electrons. The molecule has 0 spiro atoms. The summed E-state index contributed by atoms with van der Waals surface area (Å²) in [5.74, 6) is 0. The quantitative estimate of drug-likeness (QED) is 0.305. The maximum atomic E-state index is 3.75. The summed E-state index contributed by atoms with van der Waals surface area (Å²) >= 11 is 0. The maximum Gasteiger partial charge on any atom is 0.0572 e. The number of aromatic amines is 1. The van der Waals surface area contributed by atoms with E-state index in [-0.39, 0.29) is 0 Å². The molecule has 7 rings (SSSR count). The van der Waals surface area contributed by atoms with Gasteiger partial charge in [-0.05, 0) is 41.1 Å². The molecule has 0 aliphatic carbocycles. The van der Waals surface area contributed by atoms with Crippen LogP contribution in [-0.2, 0) is 0 Å². The lowest BCUT2D eigenvalue weighted by Crippen LogP contribution is -1.93. The molecule has 2 nitrogen and oxygen atoms in total. The largest absolute Gasteiger partial charge is 0.354 e. The molecule has 2 heteroatoms. The molecule has 7 aromatic rings. The van der Waals surface area contributed by atoms with Crippen LogP contribution in [0.2, 0.25) is 0 Å². The maximum absolute atomic E-state index is 3.75. The number of hydrogen-bond donors (Lipinski definition) is 1. The molecule has 2 aromatic heterocycles. The van der Waals surface area contributed by atoms with E-state index in [2.05, 4.69) is 101 Å². The van der Waals surface area contributed by atoms with Gasteiger partial charge in [-0.15, -0.1) is 0 Å². The van der Waals surface area contributed by atoms with E-state index < -0.39 is 0 Å². The van der Waals surface area contributed by atoms with Crippen molar-refractivity contribution in [3.8, 4) is 5.69 Å². The summed E-state index contributed by atoms with van der Waals surface area (Å²) in [4.78, 5) is 3.75.